The number of furan rings is 1. The molecule has 2 aliphatic rings. The summed E-state index contributed by atoms with van der Waals surface area (Å²) >= 11 is 0. The molecule has 4 rings (SSSR count). The third-order valence-corrected chi connectivity index (χ3v) is 6.09. The Hall–Kier alpha value is -2.60. The van der Waals surface area contributed by atoms with Gasteiger partial charge in [0.25, 0.3) is 5.91 Å². The van der Waals surface area contributed by atoms with Crippen LogP contribution in [0.5, 0.6) is 0 Å². The largest absolute Gasteiger partial charge is 0.467 e. The third-order valence-electron chi connectivity index (χ3n) is 6.09. The van der Waals surface area contributed by atoms with Gasteiger partial charge in [0.15, 0.2) is 0 Å². The molecule has 2 heterocycles. The lowest BCUT2D eigenvalue weighted by atomic mass is 9.71. The molecule has 1 N–H and O–H groups in total. The standard InChI is InChI=1S/C22H26N2O4/c1-27-14-12-24-21(26)18-9-3-2-8-17(18)19(22(24)10-4-5-11-22)20(25)23-15-16-7-6-13-28-16/h2-3,6-9,13,19H,4-5,10-12,14-15H2,1H3,(H,23,25). The summed E-state index contributed by atoms with van der Waals surface area (Å²) < 4.78 is 10.6. The second kappa shape index (κ2) is 7.80. The minimum absolute atomic E-state index is 0.00429. The molecule has 2 aromatic rings. The normalized spacial score (nSPS) is 20.4. The summed E-state index contributed by atoms with van der Waals surface area (Å²) in [6.45, 7) is 1.29. The fraction of sp³-hybridized carbons (Fsp3) is 0.455. The van der Waals surface area contributed by atoms with Gasteiger partial charge in [0, 0.05) is 19.2 Å². The average molecular weight is 382 g/mol. The van der Waals surface area contributed by atoms with Crippen molar-refractivity contribution in [2.24, 2.45) is 0 Å². The van der Waals surface area contributed by atoms with Crippen LogP contribution in [0.3, 0.4) is 0 Å². The number of fused-ring (bicyclic) bond motifs is 1. The van der Waals surface area contributed by atoms with Gasteiger partial charge in [0.2, 0.25) is 5.91 Å². The van der Waals surface area contributed by atoms with Crippen LogP contribution in [0.15, 0.2) is 47.1 Å². The number of hydrogen-bond donors (Lipinski definition) is 1. The highest BCUT2D eigenvalue weighted by atomic mass is 16.5. The predicted octanol–water partition coefficient (Wildman–Crippen LogP) is 3.09. The van der Waals surface area contributed by atoms with E-state index in [9.17, 15) is 9.59 Å². The van der Waals surface area contributed by atoms with Crippen molar-refractivity contribution in [3.05, 3.63) is 59.5 Å². The summed E-state index contributed by atoms with van der Waals surface area (Å²) in [5, 5.41) is 3.04. The van der Waals surface area contributed by atoms with Crippen molar-refractivity contribution in [2.45, 2.75) is 43.7 Å². The summed E-state index contributed by atoms with van der Waals surface area (Å²) in [6, 6.07) is 11.2. The first kappa shape index (κ1) is 18.7. The lowest BCUT2D eigenvalue weighted by Gasteiger charge is -2.50. The van der Waals surface area contributed by atoms with Crippen molar-refractivity contribution in [1.82, 2.24) is 10.2 Å². The fourth-order valence-corrected chi connectivity index (χ4v) is 4.86. The molecule has 1 aromatic carbocycles. The number of methoxy groups -OCH3 is 1. The van der Waals surface area contributed by atoms with Crippen molar-refractivity contribution in [3.63, 3.8) is 0 Å². The fourth-order valence-electron chi connectivity index (χ4n) is 4.86. The molecule has 0 bridgehead atoms. The third kappa shape index (κ3) is 3.11. The lowest BCUT2D eigenvalue weighted by molar-refractivity contribution is -0.126. The smallest absolute Gasteiger partial charge is 0.254 e. The second-order valence-corrected chi connectivity index (χ2v) is 7.58. The number of nitrogens with zero attached hydrogens (tertiary/aromatic N) is 1. The first-order chi connectivity index (χ1) is 13.7. The zero-order chi connectivity index (χ0) is 19.6. The van der Waals surface area contributed by atoms with Crippen LogP contribution >= 0.6 is 0 Å². The minimum atomic E-state index is -0.489. The molecule has 1 atom stereocenters. The maximum Gasteiger partial charge on any atom is 0.254 e. The highest BCUT2D eigenvalue weighted by Crippen LogP contribution is 2.50. The number of nitrogens with one attached hydrogen (secondary N) is 1. The van der Waals surface area contributed by atoms with Crippen LogP contribution in [0.25, 0.3) is 0 Å². The predicted molar refractivity (Wildman–Crippen MR) is 104 cm³/mol. The van der Waals surface area contributed by atoms with E-state index in [1.807, 2.05) is 35.2 Å². The van der Waals surface area contributed by atoms with E-state index in [1.165, 1.54) is 0 Å². The minimum Gasteiger partial charge on any atom is -0.467 e. The molecule has 1 spiro atoms. The number of benzene rings is 1. The molecule has 1 saturated carbocycles. The van der Waals surface area contributed by atoms with Crippen molar-refractivity contribution >= 4 is 11.8 Å². The first-order valence-corrected chi connectivity index (χ1v) is 9.87. The SMILES string of the molecule is COCCN1C(=O)c2ccccc2C(C(=O)NCc2ccco2)C12CCCC2. The van der Waals surface area contributed by atoms with E-state index in [-0.39, 0.29) is 11.8 Å². The summed E-state index contributed by atoms with van der Waals surface area (Å²) in [4.78, 5) is 28.6. The van der Waals surface area contributed by atoms with E-state index in [0.29, 0.717) is 31.0 Å². The van der Waals surface area contributed by atoms with Crippen molar-refractivity contribution in [1.29, 1.82) is 0 Å². The second-order valence-electron chi connectivity index (χ2n) is 7.58. The van der Waals surface area contributed by atoms with E-state index in [0.717, 1.165) is 31.2 Å². The summed E-state index contributed by atoms with van der Waals surface area (Å²) in [6.07, 6.45) is 5.29. The number of rotatable bonds is 6. The van der Waals surface area contributed by atoms with Crippen LogP contribution in [0.4, 0.5) is 0 Å². The van der Waals surface area contributed by atoms with Crippen LogP contribution < -0.4 is 5.32 Å². The quantitative estimate of drug-likeness (QED) is 0.833. The highest BCUT2D eigenvalue weighted by Gasteiger charge is 2.55. The molecule has 6 heteroatoms. The molecule has 148 valence electrons. The molecule has 0 saturated heterocycles. The van der Waals surface area contributed by atoms with Gasteiger partial charge >= 0.3 is 0 Å². The van der Waals surface area contributed by atoms with E-state index >= 15 is 0 Å². The Morgan fingerprint density at radius 3 is 2.75 bits per heavy atom. The Morgan fingerprint density at radius 2 is 2.04 bits per heavy atom. The zero-order valence-corrected chi connectivity index (χ0v) is 16.1. The average Bonchev–Trinajstić information content (AvgIpc) is 3.39. The van der Waals surface area contributed by atoms with Crippen LogP contribution in [-0.2, 0) is 16.1 Å². The molecule has 1 aromatic heterocycles. The van der Waals surface area contributed by atoms with Gasteiger partial charge in [0.1, 0.15) is 5.76 Å². The molecule has 1 aliphatic carbocycles. The Balaban J connectivity index is 1.72. The maximum absolute atomic E-state index is 13.4. The van der Waals surface area contributed by atoms with Crippen molar-refractivity contribution in [2.75, 3.05) is 20.3 Å². The van der Waals surface area contributed by atoms with Gasteiger partial charge in [-0.3, -0.25) is 9.59 Å². The summed E-state index contributed by atoms with van der Waals surface area (Å²) in [7, 11) is 1.64. The van der Waals surface area contributed by atoms with Crippen molar-refractivity contribution < 1.29 is 18.7 Å². The number of amides is 2. The van der Waals surface area contributed by atoms with Gasteiger partial charge < -0.3 is 19.4 Å². The molecule has 1 aliphatic heterocycles. The maximum atomic E-state index is 13.4. The Labute approximate surface area is 164 Å². The van der Waals surface area contributed by atoms with Crippen LogP contribution in [0.1, 0.15) is 53.3 Å². The molecule has 1 fully saturated rings. The zero-order valence-electron chi connectivity index (χ0n) is 16.1. The van der Waals surface area contributed by atoms with Gasteiger partial charge in [-0.15, -0.1) is 0 Å². The van der Waals surface area contributed by atoms with Crippen LogP contribution in [-0.4, -0.2) is 42.5 Å². The van der Waals surface area contributed by atoms with Gasteiger partial charge in [-0.1, -0.05) is 31.0 Å². The highest BCUT2D eigenvalue weighted by molar-refractivity contribution is 6.02. The molecule has 1 unspecified atom stereocenters. The first-order valence-electron chi connectivity index (χ1n) is 9.87. The molecule has 28 heavy (non-hydrogen) atoms. The van der Waals surface area contributed by atoms with Gasteiger partial charge in [-0.05, 0) is 36.6 Å². The molecule has 6 nitrogen and oxygen atoms in total. The topological polar surface area (TPSA) is 71.8 Å². The number of hydrogen-bond acceptors (Lipinski definition) is 4. The number of carbonyl (C=O) groups is 2. The molecular formula is C22H26N2O4. The van der Waals surface area contributed by atoms with E-state index in [1.54, 1.807) is 19.4 Å². The Bertz CT molecular complexity index is 840. The van der Waals surface area contributed by atoms with E-state index < -0.39 is 11.5 Å². The van der Waals surface area contributed by atoms with E-state index in [4.69, 9.17) is 9.15 Å². The monoisotopic (exact) mass is 382 g/mol. The summed E-state index contributed by atoms with van der Waals surface area (Å²) in [5.41, 5.74) is 0.964. The molecule has 2 amide bonds. The van der Waals surface area contributed by atoms with Crippen LogP contribution in [0, 0.1) is 0 Å². The van der Waals surface area contributed by atoms with Crippen molar-refractivity contribution in [3.8, 4) is 0 Å². The number of ether oxygens (including phenoxy) is 1. The number of carbonyl (C=O) groups excluding carboxylic acids is 2. The molecule has 0 radical (unpaired) electrons. The van der Waals surface area contributed by atoms with Gasteiger partial charge in [-0.2, -0.15) is 0 Å². The van der Waals surface area contributed by atoms with E-state index in [2.05, 4.69) is 5.32 Å². The van der Waals surface area contributed by atoms with Gasteiger partial charge in [-0.25, -0.2) is 0 Å². The lowest BCUT2D eigenvalue weighted by Crippen LogP contribution is -2.61. The van der Waals surface area contributed by atoms with Crippen LogP contribution in [0.2, 0.25) is 0 Å². The molecular weight excluding hydrogens is 356 g/mol. The summed E-state index contributed by atoms with van der Waals surface area (Å²) in [5.74, 6) is 0.270. The van der Waals surface area contributed by atoms with Gasteiger partial charge in [0.05, 0.1) is 30.9 Å². The Kier molecular flexibility index (Phi) is 5.22. The Morgan fingerprint density at radius 1 is 1.25 bits per heavy atom.